The zero-order valence-corrected chi connectivity index (χ0v) is 14.0. The highest BCUT2D eigenvalue weighted by Gasteiger charge is 2.38. The summed E-state index contributed by atoms with van der Waals surface area (Å²) >= 11 is 0. The van der Waals surface area contributed by atoms with Crippen LogP contribution in [0.4, 0.5) is 5.69 Å². The van der Waals surface area contributed by atoms with Gasteiger partial charge in [-0.1, -0.05) is 6.92 Å². The number of hydrogen-bond acceptors (Lipinski definition) is 6. The minimum atomic E-state index is -3.93. The third kappa shape index (κ3) is 3.31. The third-order valence-corrected chi connectivity index (χ3v) is 6.20. The maximum absolute atomic E-state index is 13.0. The molecule has 0 aliphatic carbocycles. The van der Waals surface area contributed by atoms with Crippen LogP contribution in [0.2, 0.25) is 0 Å². The zero-order chi connectivity index (χ0) is 17.2. The molecular formula is C14H21N3O5S. The molecule has 1 saturated heterocycles. The predicted octanol–water partition coefficient (Wildman–Crippen LogP) is 1.35. The van der Waals surface area contributed by atoms with Gasteiger partial charge in [0.1, 0.15) is 10.6 Å². The molecule has 0 saturated carbocycles. The van der Waals surface area contributed by atoms with Gasteiger partial charge in [0.2, 0.25) is 10.0 Å². The molecule has 0 spiro atoms. The van der Waals surface area contributed by atoms with Crippen molar-refractivity contribution in [2.24, 2.45) is 11.7 Å². The highest BCUT2D eigenvalue weighted by molar-refractivity contribution is 7.89. The Morgan fingerprint density at radius 2 is 2.17 bits per heavy atom. The second-order valence-electron chi connectivity index (χ2n) is 5.63. The Kier molecular flexibility index (Phi) is 5.23. The molecule has 23 heavy (non-hydrogen) atoms. The molecule has 1 aliphatic heterocycles. The number of benzene rings is 1. The molecule has 2 unspecified atom stereocenters. The topological polar surface area (TPSA) is 116 Å². The number of nitrogens with two attached hydrogens (primary N) is 1. The van der Waals surface area contributed by atoms with Gasteiger partial charge < -0.3 is 10.5 Å². The number of nitro benzene ring substituents is 1. The second kappa shape index (κ2) is 6.81. The molecule has 1 aliphatic rings. The van der Waals surface area contributed by atoms with Crippen LogP contribution in [0, 0.1) is 16.0 Å². The van der Waals surface area contributed by atoms with Crippen molar-refractivity contribution in [2.45, 2.75) is 30.7 Å². The summed E-state index contributed by atoms with van der Waals surface area (Å²) in [6.45, 7) is 2.52. The molecule has 1 aromatic rings. The molecule has 2 atom stereocenters. The minimum absolute atomic E-state index is 0.0876. The Morgan fingerprint density at radius 1 is 1.48 bits per heavy atom. The van der Waals surface area contributed by atoms with Gasteiger partial charge in [-0.3, -0.25) is 10.1 Å². The Morgan fingerprint density at radius 3 is 2.74 bits per heavy atom. The fraction of sp³-hybridized carbons (Fsp3) is 0.571. The Bertz CT molecular complexity index is 692. The van der Waals surface area contributed by atoms with Crippen LogP contribution < -0.4 is 10.5 Å². The Balaban J connectivity index is 2.53. The molecule has 8 nitrogen and oxygen atoms in total. The van der Waals surface area contributed by atoms with Gasteiger partial charge >= 0.3 is 0 Å². The first kappa shape index (κ1) is 17.6. The van der Waals surface area contributed by atoms with E-state index < -0.39 is 14.9 Å². The van der Waals surface area contributed by atoms with Crippen molar-refractivity contribution in [3.05, 3.63) is 28.3 Å². The largest absolute Gasteiger partial charge is 0.495 e. The van der Waals surface area contributed by atoms with E-state index in [1.165, 1.54) is 23.5 Å². The lowest BCUT2D eigenvalue weighted by Crippen LogP contribution is -2.51. The summed E-state index contributed by atoms with van der Waals surface area (Å²) in [7, 11) is -2.60. The van der Waals surface area contributed by atoms with Gasteiger partial charge in [0.05, 0.1) is 12.0 Å². The van der Waals surface area contributed by atoms with E-state index in [0.717, 1.165) is 18.9 Å². The van der Waals surface area contributed by atoms with E-state index in [-0.39, 0.29) is 34.8 Å². The first-order valence-corrected chi connectivity index (χ1v) is 8.81. The maximum Gasteiger partial charge on any atom is 0.271 e. The van der Waals surface area contributed by atoms with Gasteiger partial charge in [-0.05, 0) is 24.8 Å². The van der Waals surface area contributed by atoms with E-state index in [9.17, 15) is 18.5 Å². The van der Waals surface area contributed by atoms with E-state index in [4.69, 9.17) is 10.5 Å². The van der Waals surface area contributed by atoms with Crippen molar-refractivity contribution in [3.63, 3.8) is 0 Å². The number of piperidine rings is 1. The van der Waals surface area contributed by atoms with Gasteiger partial charge in [0.15, 0.2) is 0 Å². The van der Waals surface area contributed by atoms with Crippen molar-refractivity contribution in [3.8, 4) is 5.75 Å². The van der Waals surface area contributed by atoms with Crippen LogP contribution in [0.3, 0.4) is 0 Å². The molecule has 0 aromatic heterocycles. The van der Waals surface area contributed by atoms with Crippen LogP contribution in [-0.2, 0) is 10.0 Å². The van der Waals surface area contributed by atoms with Gasteiger partial charge in [-0.2, -0.15) is 4.31 Å². The molecule has 0 amide bonds. The smallest absolute Gasteiger partial charge is 0.271 e. The average Bonchev–Trinajstić information content (AvgIpc) is 2.53. The molecule has 1 aromatic carbocycles. The van der Waals surface area contributed by atoms with Crippen molar-refractivity contribution in [2.75, 3.05) is 20.2 Å². The monoisotopic (exact) mass is 343 g/mol. The number of hydrogen-bond donors (Lipinski definition) is 1. The lowest BCUT2D eigenvalue weighted by molar-refractivity contribution is -0.385. The number of nitro groups is 1. The lowest BCUT2D eigenvalue weighted by atomic mass is 9.93. The number of rotatable bonds is 5. The maximum atomic E-state index is 13.0. The van der Waals surface area contributed by atoms with Gasteiger partial charge in [0, 0.05) is 31.3 Å². The second-order valence-corrected chi connectivity index (χ2v) is 7.49. The standard InChI is InChI=1S/C14H21N3O5S/c1-10-4-3-7-16(12(10)9-15)23(20,21)14-8-11(17(18)19)5-6-13(14)22-2/h5-6,8,10,12H,3-4,7,9,15H2,1-2H3. The molecule has 128 valence electrons. The minimum Gasteiger partial charge on any atom is -0.495 e. The van der Waals surface area contributed by atoms with Crippen molar-refractivity contribution in [1.82, 2.24) is 4.31 Å². The van der Waals surface area contributed by atoms with E-state index in [2.05, 4.69) is 0 Å². The van der Waals surface area contributed by atoms with Crippen LogP contribution in [0.25, 0.3) is 0 Å². The quantitative estimate of drug-likeness (QED) is 0.637. The number of methoxy groups -OCH3 is 1. The highest BCUT2D eigenvalue weighted by atomic mass is 32.2. The number of ether oxygens (including phenoxy) is 1. The van der Waals surface area contributed by atoms with Crippen LogP contribution in [0.15, 0.2) is 23.1 Å². The molecule has 1 fully saturated rings. The van der Waals surface area contributed by atoms with Crippen LogP contribution in [-0.4, -0.2) is 43.9 Å². The summed E-state index contributed by atoms with van der Waals surface area (Å²) in [6.07, 6.45) is 1.63. The van der Waals surface area contributed by atoms with Gasteiger partial charge in [0.25, 0.3) is 5.69 Å². The summed E-state index contributed by atoms with van der Waals surface area (Å²) in [5.74, 6) is 0.220. The van der Waals surface area contributed by atoms with Crippen LogP contribution in [0.1, 0.15) is 19.8 Å². The lowest BCUT2D eigenvalue weighted by Gasteiger charge is -2.38. The molecule has 0 radical (unpaired) electrons. The van der Waals surface area contributed by atoms with Gasteiger partial charge in [-0.15, -0.1) is 0 Å². The first-order valence-electron chi connectivity index (χ1n) is 7.37. The summed E-state index contributed by atoms with van der Waals surface area (Å²) in [5, 5.41) is 11.0. The van der Waals surface area contributed by atoms with E-state index in [1.807, 2.05) is 6.92 Å². The summed E-state index contributed by atoms with van der Waals surface area (Å²) in [5.41, 5.74) is 5.47. The summed E-state index contributed by atoms with van der Waals surface area (Å²) in [4.78, 5) is 10.1. The van der Waals surface area contributed by atoms with Crippen molar-refractivity contribution in [1.29, 1.82) is 0 Å². The van der Waals surface area contributed by atoms with Gasteiger partial charge in [-0.25, -0.2) is 8.42 Å². The number of nitrogens with zero attached hydrogens (tertiary/aromatic N) is 2. The van der Waals surface area contributed by atoms with E-state index in [1.54, 1.807) is 0 Å². The Labute approximate surface area is 135 Å². The first-order chi connectivity index (χ1) is 10.8. The van der Waals surface area contributed by atoms with E-state index >= 15 is 0 Å². The fourth-order valence-corrected chi connectivity index (χ4v) is 4.91. The van der Waals surface area contributed by atoms with E-state index in [0.29, 0.717) is 6.54 Å². The summed E-state index contributed by atoms with van der Waals surface area (Å²) < 4.78 is 32.5. The fourth-order valence-electron chi connectivity index (χ4n) is 2.97. The Hall–Kier alpha value is -1.71. The highest BCUT2D eigenvalue weighted by Crippen LogP contribution is 2.34. The normalized spacial score (nSPS) is 22.7. The molecule has 1 heterocycles. The molecule has 9 heteroatoms. The molecule has 0 bridgehead atoms. The predicted molar refractivity (Wildman–Crippen MR) is 84.8 cm³/mol. The zero-order valence-electron chi connectivity index (χ0n) is 13.1. The molecular weight excluding hydrogens is 322 g/mol. The van der Waals surface area contributed by atoms with Crippen molar-refractivity contribution >= 4 is 15.7 Å². The third-order valence-electron chi connectivity index (χ3n) is 4.25. The number of sulfonamides is 1. The van der Waals surface area contributed by atoms with Crippen molar-refractivity contribution < 1.29 is 18.1 Å². The number of non-ortho nitro benzene ring substituents is 1. The van der Waals surface area contributed by atoms with Crippen LogP contribution in [0.5, 0.6) is 5.75 Å². The van der Waals surface area contributed by atoms with Crippen LogP contribution >= 0.6 is 0 Å². The molecule has 2 rings (SSSR count). The SMILES string of the molecule is COc1ccc([N+](=O)[O-])cc1S(=O)(=O)N1CCCC(C)C1CN. The average molecular weight is 343 g/mol. The summed E-state index contributed by atoms with van der Waals surface area (Å²) in [6, 6.07) is 3.24. The molecule has 2 N–H and O–H groups in total.